The van der Waals surface area contributed by atoms with E-state index in [2.05, 4.69) is 0 Å². The maximum atomic E-state index is 12.4. The summed E-state index contributed by atoms with van der Waals surface area (Å²) in [5, 5.41) is 0. The highest BCUT2D eigenvalue weighted by molar-refractivity contribution is 5.90. The number of carbonyl (C=O) groups excluding carboxylic acids is 2. The van der Waals surface area contributed by atoms with Crippen LogP contribution in [0.5, 0.6) is 0 Å². The van der Waals surface area contributed by atoms with Crippen LogP contribution in [0.25, 0.3) is 6.08 Å². The molecule has 1 aliphatic carbocycles. The average molecular weight is 492 g/mol. The molecule has 3 rings (SSSR count). The van der Waals surface area contributed by atoms with E-state index in [4.69, 9.17) is 25.7 Å². The van der Waals surface area contributed by atoms with Crippen molar-refractivity contribution in [2.45, 2.75) is 50.7 Å². The van der Waals surface area contributed by atoms with Crippen LogP contribution < -0.4 is 11.5 Å². The summed E-state index contributed by atoms with van der Waals surface area (Å²) in [6, 6.07) is 11.4. The van der Waals surface area contributed by atoms with Gasteiger partial charge in [0.05, 0.1) is 11.7 Å². The van der Waals surface area contributed by atoms with Crippen LogP contribution in [-0.2, 0) is 25.6 Å². The first-order valence-electron chi connectivity index (χ1n) is 11.1. The molecular formula is C25H27F3N2O5. The van der Waals surface area contributed by atoms with Gasteiger partial charge in [0.2, 0.25) is 0 Å². The summed E-state index contributed by atoms with van der Waals surface area (Å²) in [5.41, 5.74) is 14.1. The van der Waals surface area contributed by atoms with Crippen molar-refractivity contribution in [1.82, 2.24) is 0 Å². The van der Waals surface area contributed by atoms with E-state index in [1.54, 1.807) is 48.5 Å². The van der Waals surface area contributed by atoms with Gasteiger partial charge < -0.3 is 25.7 Å². The molecule has 1 saturated carbocycles. The Morgan fingerprint density at radius 3 is 2.29 bits per heavy atom. The molecule has 0 bridgehead atoms. The molecule has 0 spiro atoms. The SMILES string of the molecule is Nc1ccc(N)c(COC(=O)C=Cc2ccc(C(=O)OC3CCC(OCC(F)(F)F)CC3)cc2)c1. The number of anilines is 2. The van der Waals surface area contributed by atoms with Gasteiger partial charge in [-0.05, 0) is 67.7 Å². The lowest BCUT2D eigenvalue weighted by atomic mass is 9.95. The van der Waals surface area contributed by atoms with E-state index in [-0.39, 0.29) is 12.7 Å². The smallest absolute Gasteiger partial charge is 0.411 e. The van der Waals surface area contributed by atoms with E-state index in [0.29, 0.717) is 53.7 Å². The van der Waals surface area contributed by atoms with Crippen LogP contribution in [0.4, 0.5) is 24.5 Å². The first kappa shape index (κ1) is 26.1. The molecule has 0 amide bonds. The van der Waals surface area contributed by atoms with E-state index in [0.717, 1.165) is 0 Å². The van der Waals surface area contributed by atoms with Gasteiger partial charge in [-0.3, -0.25) is 0 Å². The average Bonchev–Trinajstić information content (AvgIpc) is 2.82. The number of halogens is 3. The number of nitrogens with two attached hydrogens (primary N) is 2. The van der Waals surface area contributed by atoms with Gasteiger partial charge in [0.25, 0.3) is 0 Å². The molecular weight excluding hydrogens is 465 g/mol. The number of ether oxygens (including phenoxy) is 3. The number of alkyl halides is 3. The van der Waals surface area contributed by atoms with Crippen molar-refractivity contribution in [3.8, 4) is 0 Å². The van der Waals surface area contributed by atoms with Crippen LogP contribution in [0.3, 0.4) is 0 Å². The van der Waals surface area contributed by atoms with Gasteiger partial charge in [0.1, 0.15) is 19.3 Å². The third-order valence-electron chi connectivity index (χ3n) is 5.47. The first-order valence-corrected chi connectivity index (χ1v) is 11.1. The van der Waals surface area contributed by atoms with Gasteiger partial charge in [-0.25, -0.2) is 9.59 Å². The van der Waals surface area contributed by atoms with Crippen LogP contribution in [0.2, 0.25) is 0 Å². The van der Waals surface area contributed by atoms with E-state index >= 15 is 0 Å². The molecule has 4 N–H and O–H groups in total. The minimum atomic E-state index is -4.35. The van der Waals surface area contributed by atoms with Gasteiger partial charge in [0, 0.05) is 23.0 Å². The maximum absolute atomic E-state index is 12.4. The van der Waals surface area contributed by atoms with E-state index in [1.807, 2.05) is 0 Å². The molecule has 10 heteroatoms. The number of carbonyl (C=O) groups is 2. The quantitative estimate of drug-likeness (QED) is 0.313. The largest absolute Gasteiger partial charge is 0.459 e. The molecule has 0 atom stereocenters. The summed E-state index contributed by atoms with van der Waals surface area (Å²) in [5.74, 6) is -1.08. The Bertz CT molecular complexity index is 1050. The minimum absolute atomic E-state index is 0.0127. The standard InChI is InChI=1S/C25H27F3N2O5/c26-25(27,28)15-34-20-7-9-21(10-8-20)35-24(32)17-4-1-16(2-5-17)3-12-23(31)33-14-18-13-19(29)6-11-22(18)30/h1-6,11-13,20-21H,7-10,14-15,29-30H2. The summed E-state index contributed by atoms with van der Waals surface area (Å²) >= 11 is 0. The maximum Gasteiger partial charge on any atom is 0.411 e. The van der Waals surface area contributed by atoms with Gasteiger partial charge in [0.15, 0.2) is 0 Å². The zero-order valence-corrected chi connectivity index (χ0v) is 18.9. The lowest BCUT2D eigenvalue weighted by molar-refractivity contribution is -0.189. The van der Waals surface area contributed by atoms with Gasteiger partial charge >= 0.3 is 18.1 Å². The fourth-order valence-corrected chi connectivity index (χ4v) is 3.59. The van der Waals surface area contributed by atoms with Crippen LogP contribution in [0.1, 0.15) is 47.2 Å². The third-order valence-corrected chi connectivity index (χ3v) is 5.47. The Kier molecular flexibility index (Phi) is 8.75. The van der Waals surface area contributed by atoms with Crippen molar-refractivity contribution >= 4 is 29.4 Å². The minimum Gasteiger partial charge on any atom is -0.459 e. The van der Waals surface area contributed by atoms with E-state index in [1.165, 1.54) is 6.08 Å². The molecule has 0 unspecified atom stereocenters. The lowest BCUT2D eigenvalue weighted by Crippen LogP contribution is -2.30. The second kappa shape index (κ2) is 11.7. The summed E-state index contributed by atoms with van der Waals surface area (Å²) in [4.78, 5) is 24.4. The fourth-order valence-electron chi connectivity index (χ4n) is 3.59. The lowest BCUT2D eigenvalue weighted by Gasteiger charge is -2.28. The second-order valence-corrected chi connectivity index (χ2v) is 8.25. The number of esters is 2. The highest BCUT2D eigenvalue weighted by atomic mass is 19.4. The predicted octanol–water partition coefficient (Wildman–Crippen LogP) is 4.65. The van der Waals surface area contributed by atoms with Crippen molar-refractivity contribution < 1.29 is 37.0 Å². The van der Waals surface area contributed by atoms with Crippen LogP contribution in [0.15, 0.2) is 48.5 Å². The van der Waals surface area contributed by atoms with Crippen LogP contribution >= 0.6 is 0 Å². The molecule has 0 aromatic heterocycles. The summed E-state index contributed by atoms with van der Waals surface area (Å²) in [6.45, 7) is -1.28. The Morgan fingerprint density at radius 2 is 1.63 bits per heavy atom. The number of hydrogen-bond donors (Lipinski definition) is 2. The Labute approximate surface area is 200 Å². The highest BCUT2D eigenvalue weighted by Gasteiger charge is 2.31. The zero-order valence-electron chi connectivity index (χ0n) is 18.9. The van der Waals surface area contributed by atoms with Crippen molar-refractivity contribution in [3.05, 3.63) is 65.2 Å². The number of rotatable bonds is 8. The number of hydrogen-bond acceptors (Lipinski definition) is 7. The molecule has 2 aromatic carbocycles. The molecule has 7 nitrogen and oxygen atoms in total. The van der Waals surface area contributed by atoms with Crippen molar-refractivity contribution in [3.63, 3.8) is 0 Å². The monoisotopic (exact) mass is 492 g/mol. The summed E-state index contributed by atoms with van der Waals surface area (Å²) in [6.07, 6.45) is -0.703. The summed E-state index contributed by atoms with van der Waals surface area (Å²) in [7, 11) is 0. The Hall–Kier alpha value is -3.53. The second-order valence-electron chi connectivity index (χ2n) is 8.25. The molecule has 35 heavy (non-hydrogen) atoms. The van der Waals surface area contributed by atoms with Gasteiger partial charge in [-0.2, -0.15) is 13.2 Å². The topological polar surface area (TPSA) is 114 Å². The highest BCUT2D eigenvalue weighted by Crippen LogP contribution is 2.26. The van der Waals surface area contributed by atoms with Gasteiger partial charge in [-0.15, -0.1) is 0 Å². The normalized spacial score (nSPS) is 18.4. The molecule has 188 valence electrons. The van der Waals surface area contributed by atoms with Gasteiger partial charge in [-0.1, -0.05) is 12.1 Å². The van der Waals surface area contributed by atoms with E-state index < -0.39 is 30.8 Å². The van der Waals surface area contributed by atoms with Crippen LogP contribution in [0, 0.1) is 0 Å². The summed E-state index contributed by atoms with van der Waals surface area (Å²) < 4.78 is 52.3. The van der Waals surface area contributed by atoms with Crippen LogP contribution in [-0.4, -0.2) is 36.9 Å². The molecule has 0 radical (unpaired) electrons. The molecule has 0 aliphatic heterocycles. The molecule has 1 aliphatic rings. The molecule has 2 aromatic rings. The Morgan fingerprint density at radius 1 is 0.971 bits per heavy atom. The van der Waals surface area contributed by atoms with Crippen molar-refractivity contribution in [1.29, 1.82) is 0 Å². The molecule has 0 saturated heterocycles. The fraction of sp³-hybridized carbons (Fsp3) is 0.360. The van der Waals surface area contributed by atoms with Crippen molar-refractivity contribution in [2.75, 3.05) is 18.1 Å². The third kappa shape index (κ3) is 8.64. The zero-order chi connectivity index (χ0) is 25.4. The molecule has 1 fully saturated rings. The Balaban J connectivity index is 1.43. The van der Waals surface area contributed by atoms with Crippen molar-refractivity contribution in [2.24, 2.45) is 0 Å². The number of benzene rings is 2. The number of nitrogen functional groups attached to an aromatic ring is 2. The molecule has 0 heterocycles. The first-order chi connectivity index (χ1) is 16.6. The van der Waals surface area contributed by atoms with E-state index in [9.17, 15) is 22.8 Å². The predicted molar refractivity (Wildman–Crippen MR) is 124 cm³/mol.